The topological polar surface area (TPSA) is 272 Å². The maximum Gasteiger partial charge on any atom is 0.345 e. The van der Waals surface area contributed by atoms with Gasteiger partial charge in [-0.25, -0.2) is 19.7 Å². The number of carbonyl (C=O) groups excluding carboxylic acids is 1. The molecule has 3 saturated carbocycles. The van der Waals surface area contributed by atoms with Gasteiger partial charge in [-0.3, -0.25) is 9.59 Å². The lowest BCUT2D eigenvalue weighted by atomic mass is 9.89. The molecular weight excluding hydrogens is 1110 g/mol. The Kier molecular flexibility index (Phi) is 13.0. The van der Waals surface area contributed by atoms with Crippen molar-refractivity contribution in [2.75, 3.05) is 6.54 Å². The number of hydrogen-bond donors (Lipinski definition) is 6. The number of amides is 1. The van der Waals surface area contributed by atoms with Gasteiger partial charge in [0, 0.05) is 91.5 Å². The lowest BCUT2D eigenvalue weighted by molar-refractivity contribution is 0.0946. The molecule has 0 atom stereocenters. The first-order valence-electron chi connectivity index (χ1n) is 30.1. The number of imidazole rings is 3. The molecule has 4 aliphatic rings. The largest absolute Gasteiger partial charge is 0.361 e. The second kappa shape index (κ2) is 21.0. The number of rotatable bonds is 9. The third-order valence-corrected chi connectivity index (χ3v) is 17.7. The van der Waals surface area contributed by atoms with Crippen LogP contribution >= 0.6 is 0 Å². The van der Waals surface area contributed by atoms with E-state index in [1.54, 1.807) is 6.07 Å². The molecule has 3 aliphatic carbocycles. The lowest BCUT2D eigenvalue weighted by Gasteiger charge is -2.20. The van der Waals surface area contributed by atoms with Gasteiger partial charge in [-0.05, 0) is 188 Å². The first-order valence-corrected chi connectivity index (χ1v) is 30.1. The highest BCUT2D eigenvalue weighted by Gasteiger charge is 2.32. The van der Waals surface area contributed by atoms with E-state index in [0.717, 1.165) is 186 Å². The molecule has 0 spiro atoms. The number of benzene rings is 5. The van der Waals surface area contributed by atoms with Gasteiger partial charge in [0.15, 0.2) is 0 Å². The summed E-state index contributed by atoms with van der Waals surface area (Å²) in [6.45, 7) is 16.1. The third-order valence-electron chi connectivity index (χ3n) is 17.7. The fourth-order valence-electron chi connectivity index (χ4n) is 13.0. The second-order valence-electron chi connectivity index (χ2n) is 24.1. The highest BCUT2D eigenvalue weighted by Crippen LogP contribution is 2.46. The van der Waals surface area contributed by atoms with Crippen molar-refractivity contribution in [3.63, 3.8) is 0 Å². The van der Waals surface area contributed by atoms with E-state index in [1.165, 1.54) is 38.5 Å². The predicted molar refractivity (Wildman–Crippen MR) is 337 cm³/mol. The molecule has 6 N–H and O–H groups in total. The van der Waals surface area contributed by atoms with Crippen LogP contribution in [-0.2, 0) is 6.42 Å². The summed E-state index contributed by atoms with van der Waals surface area (Å²) in [6.07, 6.45) is 7.89. The molecule has 1 amide bonds. The Balaban J connectivity index is 0.000000111. The number of fused-ring (bicyclic) bond motifs is 5. The fourth-order valence-corrected chi connectivity index (χ4v) is 13.0. The normalized spacial score (nSPS) is 14.8. The van der Waals surface area contributed by atoms with Crippen molar-refractivity contribution in [2.24, 2.45) is 0 Å². The van der Waals surface area contributed by atoms with E-state index < -0.39 is 0 Å². The molecule has 0 saturated heterocycles. The van der Waals surface area contributed by atoms with Gasteiger partial charge in [-0.1, -0.05) is 39.7 Å². The van der Waals surface area contributed by atoms with Crippen LogP contribution in [0.25, 0.3) is 111 Å². The molecule has 17 rings (SSSR count). The van der Waals surface area contributed by atoms with Gasteiger partial charge < -0.3 is 43.8 Å². The molecule has 0 bridgehead atoms. The summed E-state index contributed by atoms with van der Waals surface area (Å²) in [5, 5.41) is 16.3. The molecule has 5 aromatic carbocycles. The molecule has 1 aliphatic heterocycles. The number of aromatic nitrogens is 12. The van der Waals surface area contributed by atoms with Gasteiger partial charge in [0.05, 0.1) is 55.9 Å². The van der Waals surface area contributed by atoms with Gasteiger partial charge in [0.25, 0.3) is 5.91 Å². The van der Waals surface area contributed by atoms with Crippen LogP contribution < -0.4 is 16.6 Å². The SMILES string of the molecule is Cc1nc(=O)[nH]c(C)c1-c1cc(-c2c(C)noc2C)cc2[nH]c(C3CC3)nc12.Cc1noc(C)c1-c1cc(-c2cccc3[nH]c(=O)ccc23)c2nc(C3CC3)[nH]c2c1.Cc1noc(C)c1-c1cc(-c2cccc3c2CCNC3=O)c2nc(C3CC3)[nH]c2c1. The van der Waals surface area contributed by atoms with E-state index in [4.69, 9.17) is 28.5 Å². The summed E-state index contributed by atoms with van der Waals surface area (Å²) < 4.78 is 16.3. The summed E-state index contributed by atoms with van der Waals surface area (Å²) in [6, 6.07) is 28.2. The van der Waals surface area contributed by atoms with Crippen LogP contribution in [0.3, 0.4) is 0 Å². The van der Waals surface area contributed by atoms with Gasteiger partial charge in [-0.15, -0.1) is 0 Å². The third kappa shape index (κ3) is 9.70. The molecular formula is C69H63N13O6. The summed E-state index contributed by atoms with van der Waals surface area (Å²) in [5.74, 6) is 7.07. The summed E-state index contributed by atoms with van der Waals surface area (Å²) in [4.78, 5) is 71.4. The fraction of sp³-hybridized carbons (Fsp3) is 0.275. The Labute approximate surface area is 503 Å². The number of aromatic amines is 5. The average Bonchev–Trinajstić information content (AvgIpc) is 1.63. The van der Waals surface area contributed by atoms with Crippen molar-refractivity contribution in [3.05, 3.63) is 180 Å². The Bertz CT molecular complexity index is 5040. The van der Waals surface area contributed by atoms with Crippen molar-refractivity contribution >= 4 is 49.9 Å². The van der Waals surface area contributed by atoms with E-state index in [-0.39, 0.29) is 17.2 Å². The van der Waals surface area contributed by atoms with Gasteiger partial charge in [-0.2, -0.15) is 4.98 Å². The van der Waals surface area contributed by atoms with E-state index >= 15 is 0 Å². The second-order valence-corrected chi connectivity index (χ2v) is 24.1. The zero-order chi connectivity index (χ0) is 60.4. The Morgan fingerprint density at radius 3 is 1.35 bits per heavy atom. The standard InChI is InChI=1S/C24H20N4O2.C24H22N4O2.C21H21N5O2/c1-12-22(13(2)30-28-12)15-10-18(23-20(11-15)26-24(27-23)14-6-7-14)16-4-3-5-19-17(16)8-9-21(29)25-19;1-12-21(13(2)30-28-12)15-10-19(22-20(11-15)26-23(27-22)14-6-7-14)16-4-3-5-18-17(16)8-9-25-24(18)29;1-9-17(10(2)23-21(27)22-9)15-7-14(18-11(3)26-28-12(18)4)8-16-19(15)25-20(24-16)13-5-6-13/h3-5,8-11,14H,6-7H2,1-2H3,(H,25,29)(H,26,27);3-5,10-11,14H,6-9H2,1-2H3,(H,25,29)(H,26,27);7-8,13H,5-6H2,1-4H3,(H,24,25)(H,22,23,27). The number of pyridine rings is 1. The maximum absolute atomic E-state index is 12.4. The Morgan fingerprint density at radius 2 is 0.875 bits per heavy atom. The zero-order valence-corrected chi connectivity index (χ0v) is 50.1. The molecule has 3 fully saturated rings. The minimum absolute atomic E-state index is 0.00285. The molecule has 13 aromatic rings. The summed E-state index contributed by atoms with van der Waals surface area (Å²) >= 11 is 0. The molecule has 19 heteroatoms. The summed E-state index contributed by atoms with van der Waals surface area (Å²) in [7, 11) is 0. The Hall–Kier alpha value is -10.3. The quantitative estimate of drug-likeness (QED) is 0.0786. The molecule has 0 unspecified atom stereocenters. The van der Waals surface area contributed by atoms with Crippen LogP contribution in [0.4, 0.5) is 0 Å². The first kappa shape index (κ1) is 54.4. The minimum atomic E-state index is -0.336. The van der Waals surface area contributed by atoms with Crippen molar-refractivity contribution < 1.29 is 18.4 Å². The average molecular weight is 1170 g/mol. The molecule has 440 valence electrons. The maximum atomic E-state index is 12.4. The van der Waals surface area contributed by atoms with Gasteiger partial charge >= 0.3 is 5.69 Å². The van der Waals surface area contributed by atoms with Gasteiger partial charge in [0.2, 0.25) is 5.56 Å². The van der Waals surface area contributed by atoms with Gasteiger partial charge in [0.1, 0.15) is 34.8 Å². The van der Waals surface area contributed by atoms with E-state index in [9.17, 15) is 14.4 Å². The summed E-state index contributed by atoms with van der Waals surface area (Å²) in [5.41, 5.74) is 24.3. The van der Waals surface area contributed by atoms with Crippen molar-refractivity contribution in [1.82, 2.24) is 65.6 Å². The zero-order valence-electron chi connectivity index (χ0n) is 50.1. The number of hydrogen-bond acceptors (Lipinski definition) is 13. The molecule has 19 nitrogen and oxygen atoms in total. The van der Waals surface area contributed by atoms with Crippen molar-refractivity contribution in [1.29, 1.82) is 0 Å². The first-order chi connectivity index (χ1) is 42.6. The van der Waals surface area contributed by atoms with Crippen molar-refractivity contribution in [2.45, 2.75) is 118 Å². The van der Waals surface area contributed by atoms with E-state index in [1.807, 2.05) is 85.7 Å². The van der Waals surface area contributed by atoms with Crippen LogP contribution in [0, 0.1) is 55.4 Å². The Morgan fingerprint density at radius 1 is 0.420 bits per heavy atom. The van der Waals surface area contributed by atoms with Crippen LogP contribution in [0.5, 0.6) is 0 Å². The van der Waals surface area contributed by atoms with Crippen LogP contribution in [0.2, 0.25) is 0 Å². The number of carbonyl (C=O) groups is 1. The number of H-pyrrole nitrogens is 5. The highest BCUT2D eigenvalue weighted by molar-refractivity contribution is 6.05. The molecule has 88 heavy (non-hydrogen) atoms. The minimum Gasteiger partial charge on any atom is -0.361 e. The van der Waals surface area contributed by atoms with E-state index in [0.29, 0.717) is 30.0 Å². The highest BCUT2D eigenvalue weighted by atomic mass is 16.5. The molecule has 9 heterocycles. The van der Waals surface area contributed by atoms with Crippen LogP contribution in [-0.4, -0.2) is 72.8 Å². The number of nitrogens with zero attached hydrogens (tertiary/aromatic N) is 7. The number of nitrogens with one attached hydrogen (secondary N) is 6. The number of aryl methyl sites for hydroxylation is 8. The van der Waals surface area contributed by atoms with Crippen LogP contribution in [0.1, 0.15) is 135 Å². The monoisotopic (exact) mass is 1170 g/mol. The van der Waals surface area contributed by atoms with Crippen molar-refractivity contribution in [3.8, 4) is 66.8 Å². The lowest BCUT2D eigenvalue weighted by Crippen LogP contribution is -2.32. The predicted octanol–water partition coefficient (Wildman–Crippen LogP) is 14.0. The van der Waals surface area contributed by atoms with Crippen LogP contribution in [0.15, 0.2) is 108 Å². The molecule has 0 radical (unpaired) electrons. The molecule has 8 aromatic heterocycles. The van der Waals surface area contributed by atoms with E-state index in [2.05, 4.69) is 99.2 Å². The smallest absolute Gasteiger partial charge is 0.345 e.